The van der Waals surface area contributed by atoms with Gasteiger partial charge in [-0.05, 0) is 13.8 Å². The van der Waals surface area contributed by atoms with E-state index in [1.807, 2.05) is 13.8 Å². The predicted molar refractivity (Wildman–Crippen MR) is 50.5 cm³/mol. The van der Waals surface area contributed by atoms with Crippen LogP contribution in [0, 0.1) is 0 Å². The van der Waals surface area contributed by atoms with E-state index in [1.54, 1.807) is 7.05 Å². The van der Waals surface area contributed by atoms with Crippen molar-refractivity contribution in [3.8, 4) is 0 Å². The zero-order valence-electron chi connectivity index (χ0n) is 7.26. The lowest BCUT2D eigenvalue weighted by atomic mass is 10.1. The summed E-state index contributed by atoms with van der Waals surface area (Å²) < 4.78 is 23.4. The SMILES string of the molecule is CN(C(C)(C)CBr)S(C)(=O)=O. The van der Waals surface area contributed by atoms with E-state index in [0.29, 0.717) is 5.33 Å². The van der Waals surface area contributed by atoms with E-state index in [4.69, 9.17) is 0 Å². The summed E-state index contributed by atoms with van der Waals surface area (Å²) in [5, 5.41) is 0.629. The third-order valence-electron chi connectivity index (χ3n) is 1.68. The summed E-state index contributed by atoms with van der Waals surface area (Å²) in [7, 11) is -1.49. The summed E-state index contributed by atoms with van der Waals surface area (Å²) in [6.45, 7) is 3.73. The fourth-order valence-electron chi connectivity index (χ4n) is 0.533. The molecule has 0 aromatic heterocycles. The molecule has 5 heteroatoms. The molecular weight excluding hydrogens is 230 g/mol. The third kappa shape index (κ3) is 3.09. The quantitative estimate of drug-likeness (QED) is 0.696. The number of hydrogen-bond donors (Lipinski definition) is 0. The molecule has 0 amide bonds. The van der Waals surface area contributed by atoms with Crippen molar-refractivity contribution in [1.29, 1.82) is 0 Å². The van der Waals surface area contributed by atoms with Gasteiger partial charge in [0, 0.05) is 17.9 Å². The molecule has 0 aromatic carbocycles. The van der Waals surface area contributed by atoms with Crippen molar-refractivity contribution in [1.82, 2.24) is 4.31 Å². The van der Waals surface area contributed by atoms with Gasteiger partial charge in [0.1, 0.15) is 0 Å². The number of halogens is 1. The van der Waals surface area contributed by atoms with Crippen molar-refractivity contribution in [3.63, 3.8) is 0 Å². The summed E-state index contributed by atoms with van der Waals surface area (Å²) >= 11 is 3.26. The largest absolute Gasteiger partial charge is 0.212 e. The van der Waals surface area contributed by atoms with E-state index < -0.39 is 10.0 Å². The summed E-state index contributed by atoms with van der Waals surface area (Å²) in [4.78, 5) is 0. The van der Waals surface area contributed by atoms with Gasteiger partial charge < -0.3 is 0 Å². The molecule has 0 saturated heterocycles. The fourth-order valence-corrected chi connectivity index (χ4v) is 2.04. The number of nitrogens with zero attached hydrogens (tertiary/aromatic N) is 1. The molecule has 0 aliphatic heterocycles. The van der Waals surface area contributed by atoms with Crippen molar-refractivity contribution in [2.75, 3.05) is 18.6 Å². The van der Waals surface area contributed by atoms with Gasteiger partial charge in [-0.1, -0.05) is 15.9 Å². The molecule has 68 valence electrons. The van der Waals surface area contributed by atoms with Crippen LogP contribution in [0.5, 0.6) is 0 Å². The van der Waals surface area contributed by atoms with Gasteiger partial charge in [0.15, 0.2) is 0 Å². The molecule has 0 spiro atoms. The lowest BCUT2D eigenvalue weighted by Crippen LogP contribution is -2.45. The van der Waals surface area contributed by atoms with Gasteiger partial charge in [-0.3, -0.25) is 0 Å². The zero-order valence-corrected chi connectivity index (χ0v) is 9.66. The highest BCUT2D eigenvalue weighted by atomic mass is 79.9. The average Bonchev–Trinajstić information content (AvgIpc) is 1.84. The van der Waals surface area contributed by atoms with E-state index in [2.05, 4.69) is 15.9 Å². The van der Waals surface area contributed by atoms with Gasteiger partial charge in [0.25, 0.3) is 0 Å². The van der Waals surface area contributed by atoms with E-state index in [9.17, 15) is 8.42 Å². The molecule has 0 rings (SSSR count). The lowest BCUT2D eigenvalue weighted by Gasteiger charge is -2.31. The van der Waals surface area contributed by atoms with E-state index in [-0.39, 0.29) is 5.54 Å². The van der Waals surface area contributed by atoms with Crippen LogP contribution < -0.4 is 0 Å². The molecule has 0 saturated carbocycles. The Morgan fingerprint density at radius 1 is 1.45 bits per heavy atom. The molecule has 0 heterocycles. The molecule has 0 N–H and O–H groups in total. The summed E-state index contributed by atoms with van der Waals surface area (Å²) in [5.74, 6) is 0. The van der Waals surface area contributed by atoms with Gasteiger partial charge in [0.05, 0.1) is 6.26 Å². The summed E-state index contributed by atoms with van der Waals surface area (Å²) in [6, 6.07) is 0. The number of sulfonamides is 1. The number of alkyl halides is 1. The second-order valence-corrected chi connectivity index (χ2v) is 5.75. The second-order valence-electron chi connectivity index (χ2n) is 3.18. The Morgan fingerprint density at radius 2 is 1.82 bits per heavy atom. The predicted octanol–water partition coefficient (Wildman–Crippen LogP) is 1.05. The minimum Gasteiger partial charge on any atom is -0.212 e. The monoisotopic (exact) mass is 243 g/mol. The maximum atomic E-state index is 11.0. The molecule has 0 radical (unpaired) electrons. The van der Waals surface area contributed by atoms with Gasteiger partial charge in [0.2, 0.25) is 10.0 Å². The summed E-state index contributed by atoms with van der Waals surface area (Å²) in [6.07, 6.45) is 1.21. The molecule has 0 unspecified atom stereocenters. The average molecular weight is 244 g/mol. The molecular formula is C6H14BrNO2S. The smallest absolute Gasteiger partial charge is 0.211 e. The number of rotatable bonds is 3. The van der Waals surface area contributed by atoms with Gasteiger partial charge >= 0.3 is 0 Å². The molecule has 0 bridgehead atoms. The zero-order chi connectivity index (χ0) is 9.28. The van der Waals surface area contributed by atoms with Crippen molar-refractivity contribution >= 4 is 26.0 Å². The Balaban J connectivity index is 4.63. The first kappa shape index (κ1) is 11.4. The summed E-state index contributed by atoms with van der Waals surface area (Å²) in [5.41, 5.74) is -0.354. The topological polar surface area (TPSA) is 37.4 Å². The van der Waals surface area contributed by atoms with Crippen LogP contribution >= 0.6 is 15.9 Å². The van der Waals surface area contributed by atoms with Crippen LogP contribution in [0.1, 0.15) is 13.8 Å². The Kier molecular flexibility index (Phi) is 3.53. The van der Waals surface area contributed by atoms with E-state index >= 15 is 0 Å². The highest BCUT2D eigenvalue weighted by molar-refractivity contribution is 9.09. The van der Waals surface area contributed by atoms with Crippen molar-refractivity contribution in [2.45, 2.75) is 19.4 Å². The molecule has 0 fully saturated rings. The van der Waals surface area contributed by atoms with Crippen LogP contribution in [0.15, 0.2) is 0 Å². The molecule has 0 aliphatic carbocycles. The molecule has 11 heavy (non-hydrogen) atoms. The van der Waals surface area contributed by atoms with Crippen LogP contribution in [0.3, 0.4) is 0 Å². The van der Waals surface area contributed by atoms with Gasteiger partial charge in [-0.15, -0.1) is 0 Å². The van der Waals surface area contributed by atoms with Gasteiger partial charge in [-0.25, -0.2) is 8.42 Å². The maximum absolute atomic E-state index is 11.0. The first-order valence-corrected chi connectivity index (χ1v) is 6.19. The minimum absolute atomic E-state index is 0.354. The van der Waals surface area contributed by atoms with Crippen LogP contribution in [-0.4, -0.2) is 36.9 Å². The van der Waals surface area contributed by atoms with Crippen LogP contribution in [0.4, 0.5) is 0 Å². The molecule has 0 aromatic rings. The van der Waals surface area contributed by atoms with Crippen LogP contribution in [0.25, 0.3) is 0 Å². The standard InChI is InChI=1S/C6H14BrNO2S/c1-6(2,5-7)8(3)11(4,9)10/h5H2,1-4H3. The second kappa shape index (κ2) is 3.41. The Labute approximate surface area is 77.0 Å². The number of hydrogen-bond acceptors (Lipinski definition) is 2. The van der Waals surface area contributed by atoms with Crippen LogP contribution in [-0.2, 0) is 10.0 Å². The maximum Gasteiger partial charge on any atom is 0.211 e. The van der Waals surface area contributed by atoms with Crippen LogP contribution in [0.2, 0.25) is 0 Å². The normalized spacial score (nSPS) is 14.0. The highest BCUT2D eigenvalue weighted by Gasteiger charge is 2.28. The van der Waals surface area contributed by atoms with Crippen molar-refractivity contribution in [3.05, 3.63) is 0 Å². The van der Waals surface area contributed by atoms with Gasteiger partial charge in [-0.2, -0.15) is 4.31 Å². The Morgan fingerprint density at radius 3 is 1.91 bits per heavy atom. The minimum atomic E-state index is -3.07. The Bertz CT molecular complexity index is 223. The first-order valence-electron chi connectivity index (χ1n) is 3.22. The molecule has 3 nitrogen and oxygen atoms in total. The fraction of sp³-hybridized carbons (Fsp3) is 1.00. The van der Waals surface area contributed by atoms with E-state index in [0.717, 1.165) is 0 Å². The third-order valence-corrected chi connectivity index (χ3v) is 4.54. The molecule has 0 aliphatic rings. The van der Waals surface area contributed by atoms with Crippen molar-refractivity contribution < 1.29 is 8.42 Å². The Hall–Kier alpha value is 0.390. The molecule has 0 atom stereocenters. The first-order chi connectivity index (χ1) is 4.72. The highest BCUT2D eigenvalue weighted by Crippen LogP contribution is 2.17. The lowest BCUT2D eigenvalue weighted by molar-refractivity contribution is 0.301. The van der Waals surface area contributed by atoms with Crippen molar-refractivity contribution in [2.24, 2.45) is 0 Å². The van der Waals surface area contributed by atoms with E-state index in [1.165, 1.54) is 10.6 Å².